The van der Waals surface area contributed by atoms with E-state index >= 15 is 0 Å². The van der Waals surface area contributed by atoms with Crippen LogP contribution in [0.15, 0.2) is 34.8 Å². The predicted molar refractivity (Wildman–Crippen MR) is 132 cm³/mol. The molecule has 2 rings (SSSR count). The minimum Gasteiger partial charge on any atom is -0.493 e. The summed E-state index contributed by atoms with van der Waals surface area (Å²) in [7, 11) is 1.51. The number of benzene rings is 1. The molecule has 6 nitrogen and oxygen atoms in total. The van der Waals surface area contributed by atoms with E-state index in [1.165, 1.54) is 37.7 Å². The minimum atomic E-state index is 0.595. The van der Waals surface area contributed by atoms with Crippen molar-refractivity contribution in [1.82, 2.24) is 4.98 Å². The average Bonchev–Trinajstić information content (AvgIpc) is 3.23. The van der Waals surface area contributed by atoms with Crippen molar-refractivity contribution in [2.24, 2.45) is 5.16 Å². The summed E-state index contributed by atoms with van der Waals surface area (Å²) in [6.45, 7) is 8.19. The molecule has 0 radical (unpaired) electrons. The van der Waals surface area contributed by atoms with Crippen LogP contribution in [0.4, 0.5) is 0 Å². The first-order chi connectivity index (χ1) is 15.6. The van der Waals surface area contributed by atoms with Crippen molar-refractivity contribution in [3.8, 4) is 16.7 Å². The van der Waals surface area contributed by atoms with E-state index in [0.717, 1.165) is 54.2 Å². The van der Waals surface area contributed by atoms with Crippen LogP contribution in [0, 0.1) is 13.8 Å². The molecule has 0 aliphatic heterocycles. The summed E-state index contributed by atoms with van der Waals surface area (Å²) in [5.74, 6) is 1.88. The van der Waals surface area contributed by atoms with E-state index in [9.17, 15) is 0 Å². The molecule has 0 bridgehead atoms. The maximum Gasteiger partial charge on any atom is 0.273 e. The Morgan fingerprint density at radius 3 is 2.25 bits per heavy atom. The number of hydrogen-bond acceptors (Lipinski definition) is 7. The topological polar surface area (TPSA) is 62.2 Å². The zero-order valence-electron chi connectivity index (χ0n) is 19.8. The highest BCUT2D eigenvalue weighted by Gasteiger charge is 2.07. The van der Waals surface area contributed by atoms with Gasteiger partial charge in [-0.3, -0.25) is 0 Å². The highest BCUT2D eigenvalue weighted by atomic mass is 32.1. The quantitative estimate of drug-likeness (QED) is 0.124. The van der Waals surface area contributed by atoms with Gasteiger partial charge in [0.2, 0.25) is 0 Å². The molecule has 1 aromatic carbocycles. The second-order valence-corrected chi connectivity index (χ2v) is 8.36. The maximum absolute atomic E-state index is 6.06. The van der Waals surface area contributed by atoms with Crippen LogP contribution in [0.1, 0.15) is 62.3 Å². The van der Waals surface area contributed by atoms with Gasteiger partial charge in [-0.25, -0.2) is 4.98 Å². The molecule has 0 aliphatic rings. The number of unbranched alkanes of at least 4 members (excludes halogenated alkanes) is 5. The maximum atomic E-state index is 6.06. The number of hydrogen-bond donors (Lipinski definition) is 0. The molecule has 7 heteroatoms. The first-order valence-electron chi connectivity index (χ1n) is 11.3. The lowest BCUT2D eigenvalue weighted by molar-refractivity contribution is 0.215. The second-order valence-electron chi connectivity index (χ2n) is 7.54. The zero-order valence-corrected chi connectivity index (χ0v) is 20.6. The molecule has 0 amide bonds. The van der Waals surface area contributed by atoms with Gasteiger partial charge in [0.1, 0.15) is 25.2 Å². The van der Waals surface area contributed by atoms with E-state index in [-0.39, 0.29) is 0 Å². The van der Waals surface area contributed by atoms with Gasteiger partial charge in [0.15, 0.2) is 0 Å². The van der Waals surface area contributed by atoms with Crippen LogP contribution in [-0.4, -0.2) is 38.1 Å². The molecule has 32 heavy (non-hydrogen) atoms. The van der Waals surface area contributed by atoms with E-state index in [4.69, 9.17) is 14.2 Å². The Hall–Kier alpha value is -2.54. The van der Waals surface area contributed by atoms with Gasteiger partial charge in [-0.05, 0) is 56.9 Å². The van der Waals surface area contributed by atoms with Gasteiger partial charge >= 0.3 is 0 Å². The van der Waals surface area contributed by atoms with Gasteiger partial charge in [0.25, 0.3) is 5.19 Å². The Bertz CT molecular complexity index is 825. The van der Waals surface area contributed by atoms with Gasteiger partial charge in [-0.2, -0.15) is 0 Å². The molecule has 0 unspecified atom stereocenters. The molecule has 0 saturated carbocycles. The van der Waals surface area contributed by atoms with E-state index < -0.39 is 0 Å². The molecule has 0 atom stereocenters. The number of aromatic nitrogens is 1. The third-order valence-electron chi connectivity index (χ3n) is 4.82. The Labute approximate surface area is 196 Å². The number of rotatable bonds is 16. The van der Waals surface area contributed by atoms with Crippen LogP contribution in [-0.2, 0) is 4.84 Å². The summed E-state index contributed by atoms with van der Waals surface area (Å²) in [6, 6.07) is 4.10. The highest BCUT2D eigenvalue weighted by Crippen LogP contribution is 2.28. The fraction of sp³-hybridized carbons (Fsp3) is 0.520. The monoisotopic (exact) mass is 460 g/mol. The SMILES string of the molecule is C/C=C/COc1cc(C)c(OCCCCCCCCOc2nc(/C=N/OC)cs2)c(C)c1. The van der Waals surface area contributed by atoms with Gasteiger partial charge in [-0.15, -0.1) is 0 Å². The smallest absolute Gasteiger partial charge is 0.273 e. The van der Waals surface area contributed by atoms with Crippen molar-refractivity contribution in [2.45, 2.75) is 59.3 Å². The lowest BCUT2D eigenvalue weighted by Crippen LogP contribution is -2.02. The summed E-state index contributed by atoms with van der Waals surface area (Å²) in [4.78, 5) is 8.96. The van der Waals surface area contributed by atoms with Crippen LogP contribution in [0.2, 0.25) is 0 Å². The van der Waals surface area contributed by atoms with Crippen LogP contribution in [0.3, 0.4) is 0 Å². The number of allylic oxidation sites excluding steroid dienone is 1. The third kappa shape index (κ3) is 9.73. The van der Waals surface area contributed by atoms with Crippen LogP contribution in [0.25, 0.3) is 0 Å². The van der Waals surface area contributed by atoms with Crippen molar-refractivity contribution in [2.75, 3.05) is 26.9 Å². The van der Waals surface area contributed by atoms with Crippen LogP contribution >= 0.6 is 11.3 Å². The van der Waals surface area contributed by atoms with Gasteiger partial charge in [-0.1, -0.05) is 54.3 Å². The molecule has 0 N–H and O–H groups in total. The molecule has 0 spiro atoms. The first-order valence-corrected chi connectivity index (χ1v) is 12.1. The number of ether oxygens (including phenoxy) is 3. The predicted octanol–water partition coefficient (Wildman–Crippen LogP) is 6.49. The Balaban J connectivity index is 1.52. The standard InChI is InChI=1S/C25H36N2O4S/c1-5-6-13-29-23-16-20(2)24(21(3)17-23)30-14-11-9-7-8-10-12-15-31-25-27-22(19-32-25)18-26-28-4/h5-6,16-19H,7-15H2,1-4H3/b6-5+,26-18+. The summed E-state index contributed by atoms with van der Waals surface area (Å²) in [6.07, 6.45) is 12.4. The summed E-state index contributed by atoms with van der Waals surface area (Å²) >= 11 is 1.48. The minimum absolute atomic E-state index is 0.595. The molecular formula is C25H36N2O4S. The fourth-order valence-electron chi connectivity index (χ4n) is 3.21. The largest absolute Gasteiger partial charge is 0.493 e. The lowest BCUT2D eigenvalue weighted by atomic mass is 10.1. The van der Waals surface area contributed by atoms with Gasteiger partial charge < -0.3 is 19.0 Å². The Morgan fingerprint density at radius 2 is 1.59 bits per heavy atom. The number of thiazole rings is 1. The third-order valence-corrected chi connectivity index (χ3v) is 5.59. The summed E-state index contributed by atoms with van der Waals surface area (Å²) < 4.78 is 17.5. The summed E-state index contributed by atoms with van der Waals surface area (Å²) in [5, 5.41) is 6.28. The Morgan fingerprint density at radius 1 is 0.938 bits per heavy atom. The molecule has 0 fully saturated rings. The molecule has 176 valence electrons. The average molecular weight is 461 g/mol. The normalized spacial score (nSPS) is 11.4. The molecule has 0 saturated heterocycles. The first kappa shape index (κ1) is 25.7. The second kappa shape index (κ2) is 15.3. The van der Waals surface area contributed by atoms with Crippen molar-refractivity contribution in [3.63, 3.8) is 0 Å². The van der Waals surface area contributed by atoms with E-state index in [0.29, 0.717) is 18.4 Å². The van der Waals surface area contributed by atoms with E-state index in [1.54, 1.807) is 6.21 Å². The number of oxime groups is 1. The van der Waals surface area contributed by atoms with Gasteiger partial charge in [0.05, 0.1) is 25.1 Å². The van der Waals surface area contributed by atoms with Gasteiger partial charge in [0, 0.05) is 5.38 Å². The van der Waals surface area contributed by atoms with Crippen molar-refractivity contribution >= 4 is 17.6 Å². The van der Waals surface area contributed by atoms with E-state index in [1.807, 2.05) is 36.6 Å². The molecular weight excluding hydrogens is 424 g/mol. The summed E-state index contributed by atoms with van der Waals surface area (Å²) in [5.41, 5.74) is 3.01. The fourth-order valence-corrected chi connectivity index (χ4v) is 3.85. The number of nitrogens with zero attached hydrogens (tertiary/aromatic N) is 2. The highest BCUT2D eigenvalue weighted by molar-refractivity contribution is 7.11. The van der Waals surface area contributed by atoms with Crippen molar-refractivity contribution in [3.05, 3.63) is 46.5 Å². The van der Waals surface area contributed by atoms with Crippen molar-refractivity contribution in [1.29, 1.82) is 0 Å². The zero-order chi connectivity index (χ0) is 23.0. The van der Waals surface area contributed by atoms with E-state index in [2.05, 4.69) is 28.8 Å². The molecule has 2 aromatic rings. The molecule has 1 heterocycles. The molecule has 0 aliphatic carbocycles. The van der Waals surface area contributed by atoms with Crippen LogP contribution in [0.5, 0.6) is 16.7 Å². The lowest BCUT2D eigenvalue weighted by Gasteiger charge is -2.14. The van der Waals surface area contributed by atoms with Crippen LogP contribution < -0.4 is 14.2 Å². The Kier molecular flexibility index (Phi) is 12.3. The van der Waals surface area contributed by atoms with Crippen molar-refractivity contribution < 1.29 is 19.0 Å². The number of aryl methyl sites for hydroxylation is 2. The molecule has 1 aromatic heterocycles.